The number of carbonyl (C=O) groups is 2. The van der Waals surface area contributed by atoms with Crippen LogP contribution >= 0.6 is 34.8 Å². The molecule has 7 nitrogen and oxygen atoms in total. The molecular formula is C19H16Cl3N3O4. The van der Waals surface area contributed by atoms with Crippen molar-refractivity contribution in [1.82, 2.24) is 4.98 Å². The zero-order valence-electron chi connectivity index (χ0n) is 15.3. The quantitative estimate of drug-likeness (QED) is 0.541. The average Bonchev–Trinajstić information content (AvgIpc) is 2.72. The summed E-state index contributed by atoms with van der Waals surface area (Å²) in [6.07, 6.45) is 1.26. The number of halogens is 3. The van der Waals surface area contributed by atoms with Crippen molar-refractivity contribution < 1.29 is 19.1 Å². The van der Waals surface area contributed by atoms with Gasteiger partial charge in [0.05, 0.1) is 34.2 Å². The van der Waals surface area contributed by atoms with Crippen LogP contribution in [-0.2, 0) is 9.53 Å². The number of nitrogens with zero attached hydrogens (tertiary/aromatic N) is 3. The highest BCUT2D eigenvalue weighted by molar-refractivity contribution is 6.48. The number of amides is 1. The third-order valence-corrected chi connectivity index (χ3v) is 4.89. The molecule has 0 aliphatic carbocycles. The predicted molar refractivity (Wildman–Crippen MR) is 110 cm³/mol. The van der Waals surface area contributed by atoms with Crippen LogP contribution in [0.3, 0.4) is 0 Å². The van der Waals surface area contributed by atoms with Gasteiger partial charge >= 0.3 is 5.97 Å². The van der Waals surface area contributed by atoms with Gasteiger partial charge in [0, 0.05) is 18.4 Å². The molecule has 0 bridgehead atoms. The Morgan fingerprint density at radius 3 is 2.48 bits per heavy atom. The van der Waals surface area contributed by atoms with Crippen molar-refractivity contribution in [2.45, 2.75) is 13.3 Å². The van der Waals surface area contributed by atoms with Gasteiger partial charge in [-0.2, -0.15) is 5.26 Å². The molecule has 2 rings (SSSR count). The van der Waals surface area contributed by atoms with Crippen LogP contribution < -0.4 is 9.64 Å². The lowest BCUT2D eigenvalue weighted by molar-refractivity contribution is -0.121. The minimum atomic E-state index is -0.922. The number of nitriles is 1. The number of benzene rings is 1. The molecule has 152 valence electrons. The van der Waals surface area contributed by atoms with E-state index >= 15 is 0 Å². The number of carbonyl (C=O) groups excluding carboxylic acids is 2. The molecule has 0 unspecified atom stereocenters. The Hall–Kier alpha value is -2.53. The molecule has 0 aliphatic rings. The highest BCUT2D eigenvalue weighted by atomic mass is 35.5. The molecule has 0 spiro atoms. The van der Waals surface area contributed by atoms with Crippen molar-refractivity contribution in [1.29, 1.82) is 5.26 Å². The Kier molecular flexibility index (Phi) is 8.52. The lowest BCUT2D eigenvalue weighted by Gasteiger charge is -2.22. The van der Waals surface area contributed by atoms with Gasteiger partial charge in [0.1, 0.15) is 5.75 Å². The van der Waals surface area contributed by atoms with Crippen molar-refractivity contribution >= 4 is 52.4 Å². The lowest BCUT2D eigenvalue weighted by atomic mass is 10.2. The molecule has 0 radical (unpaired) electrons. The van der Waals surface area contributed by atoms with E-state index in [1.807, 2.05) is 13.0 Å². The number of esters is 1. The fraction of sp³-hybridized carbons (Fsp3) is 0.263. The molecule has 0 aliphatic heterocycles. The van der Waals surface area contributed by atoms with Crippen LogP contribution in [0, 0.1) is 11.3 Å². The fourth-order valence-electron chi connectivity index (χ4n) is 2.31. The standard InChI is InChI=1S/C19H16Cl3N3O4/c1-2-28-13-6-4-12(5-7-13)25(9-3-8-23)15(26)11-29-19(27)18-17(22)16(21)14(20)10-24-18/h4-7,10H,2-3,9,11H2,1H3. The van der Waals surface area contributed by atoms with Crippen molar-refractivity contribution in [3.8, 4) is 11.8 Å². The van der Waals surface area contributed by atoms with E-state index in [9.17, 15) is 9.59 Å². The van der Waals surface area contributed by atoms with Crippen LogP contribution in [0.15, 0.2) is 30.5 Å². The Morgan fingerprint density at radius 2 is 1.86 bits per heavy atom. The minimum Gasteiger partial charge on any atom is -0.494 e. The zero-order chi connectivity index (χ0) is 21.4. The number of aromatic nitrogens is 1. The van der Waals surface area contributed by atoms with Gasteiger partial charge in [0.15, 0.2) is 12.3 Å². The molecule has 1 aromatic heterocycles. The van der Waals surface area contributed by atoms with Crippen LogP contribution in [0.2, 0.25) is 15.1 Å². The summed E-state index contributed by atoms with van der Waals surface area (Å²) in [6.45, 7) is 1.93. The largest absolute Gasteiger partial charge is 0.494 e. The SMILES string of the molecule is CCOc1ccc(N(CCC#N)C(=O)COC(=O)c2ncc(Cl)c(Cl)c2Cl)cc1. The fourth-order valence-corrected chi connectivity index (χ4v) is 2.87. The van der Waals surface area contributed by atoms with Gasteiger partial charge < -0.3 is 14.4 Å². The van der Waals surface area contributed by atoms with Crippen LogP contribution in [0.1, 0.15) is 23.8 Å². The average molecular weight is 457 g/mol. The third-order valence-electron chi connectivity index (χ3n) is 3.65. The first-order valence-corrected chi connectivity index (χ1v) is 9.59. The van der Waals surface area contributed by atoms with Gasteiger partial charge in [-0.15, -0.1) is 0 Å². The molecule has 2 aromatic rings. The minimum absolute atomic E-state index is 0.0355. The Bertz CT molecular complexity index is 930. The maximum atomic E-state index is 12.6. The van der Waals surface area contributed by atoms with E-state index in [4.69, 9.17) is 49.5 Å². The van der Waals surface area contributed by atoms with Crippen LogP contribution in [0.25, 0.3) is 0 Å². The maximum Gasteiger partial charge on any atom is 0.359 e. The first-order chi connectivity index (χ1) is 13.9. The summed E-state index contributed by atoms with van der Waals surface area (Å²) in [5.74, 6) is -0.793. The molecule has 1 amide bonds. The van der Waals surface area contributed by atoms with Crippen LogP contribution in [0.4, 0.5) is 5.69 Å². The molecule has 0 N–H and O–H groups in total. The van der Waals surface area contributed by atoms with Crippen molar-refractivity contribution in [2.75, 3.05) is 24.7 Å². The van der Waals surface area contributed by atoms with E-state index < -0.39 is 18.5 Å². The third kappa shape index (κ3) is 5.97. The molecule has 10 heteroatoms. The maximum absolute atomic E-state index is 12.6. The molecule has 1 aromatic carbocycles. The predicted octanol–water partition coefficient (Wildman–Crippen LogP) is 4.54. The first kappa shape index (κ1) is 22.8. The summed E-state index contributed by atoms with van der Waals surface area (Å²) >= 11 is 17.6. The summed E-state index contributed by atoms with van der Waals surface area (Å²) in [5.41, 5.74) is 0.286. The highest BCUT2D eigenvalue weighted by Gasteiger charge is 2.22. The number of hydrogen-bond donors (Lipinski definition) is 0. The van der Waals surface area contributed by atoms with Crippen molar-refractivity contribution in [2.24, 2.45) is 0 Å². The lowest BCUT2D eigenvalue weighted by Crippen LogP contribution is -2.35. The van der Waals surface area contributed by atoms with Crippen molar-refractivity contribution in [3.05, 3.63) is 51.2 Å². The topological polar surface area (TPSA) is 92.5 Å². The van der Waals surface area contributed by atoms with E-state index in [1.165, 1.54) is 4.90 Å². The molecule has 0 saturated carbocycles. The monoisotopic (exact) mass is 455 g/mol. The number of rotatable bonds is 8. The Labute approximate surface area is 182 Å². The van der Waals surface area contributed by atoms with Crippen LogP contribution in [-0.4, -0.2) is 36.6 Å². The summed E-state index contributed by atoms with van der Waals surface area (Å²) in [7, 11) is 0. The molecule has 1 heterocycles. The summed E-state index contributed by atoms with van der Waals surface area (Å²) < 4.78 is 10.4. The van der Waals surface area contributed by atoms with Gasteiger partial charge in [-0.3, -0.25) is 4.79 Å². The molecular weight excluding hydrogens is 441 g/mol. The zero-order valence-corrected chi connectivity index (χ0v) is 17.6. The van der Waals surface area contributed by atoms with Gasteiger partial charge in [-0.1, -0.05) is 34.8 Å². The number of hydrogen-bond acceptors (Lipinski definition) is 6. The van der Waals surface area contributed by atoms with E-state index in [0.717, 1.165) is 6.20 Å². The van der Waals surface area contributed by atoms with E-state index in [1.54, 1.807) is 24.3 Å². The smallest absolute Gasteiger partial charge is 0.359 e. The number of ether oxygens (including phenoxy) is 2. The van der Waals surface area contributed by atoms with E-state index in [-0.39, 0.29) is 33.7 Å². The second kappa shape index (κ2) is 10.9. The number of pyridine rings is 1. The molecule has 0 fully saturated rings. The molecule has 29 heavy (non-hydrogen) atoms. The second-order valence-electron chi connectivity index (χ2n) is 5.54. The van der Waals surface area contributed by atoms with Crippen LogP contribution in [0.5, 0.6) is 5.75 Å². The van der Waals surface area contributed by atoms with Gasteiger partial charge in [0.2, 0.25) is 0 Å². The van der Waals surface area contributed by atoms with Gasteiger partial charge in [0.25, 0.3) is 5.91 Å². The summed E-state index contributed by atoms with van der Waals surface area (Å²) in [5, 5.41) is 8.75. The van der Waals surface area contributed by atoms with E-state index in [0.29, 0.717) is 18.0 Å². The first-order valence-electron chi connectivity index (χ1n) is 8.45. The molecule has 0 atom stereocenters. The number of anilines is 1. The summed E-state index contributed by atoms with van der Waals surface area (Å²) in [6, 6.07) is 8.75. The second-order valence-corrected chi connectivity index (χ2v) is 6.70. The normalized spacial score (nSPS) is 10.2. The Morgan fingerprint density at radius 1 is 1.17 bits per heavy atom. The highest BCUT2D eigenvalue weighted by Crippen LogP contribution is 2.31. The summed E-state index contributed by atoms with van der Waals surface area (Å²) in [4.78, 5) is 30.0. The Balaban J connectivity index is 2.11. The van der Waals surface area contributed by atoms with E-state index in [2.05, 4.69) is 4.98 Å². The molecule has 0 saturated heterocycles. The van der Waals surface area contributed by atoms with Crippen molar-refractivity contribution in [3.63, 3.8) is 0 Å². The van der Waals surface area contributed by atoms with Gasteiger partial charge in [-0.25, -0.2) is 9.78 Å². The van der Waals surface area contributed by atoms with Gasteiger partial charge in [-0.05, 0) is 31.2 Å².